The zero-order chi connectivity index (χ0) is 15.6. The van der Waals surface area contributed by atoms with Crippen LogP contribution in [-0.4, -0.2) is 47.6 Å². The summed E-state index contributed by atoms with van der Waals surface area (Å²) >= 11 is 0. The van der Waals surface area contributed by atoms with Gasteiger partial charge in [-0.3, -0.25) is 4.90 Å². The third-order valence-corrected chi connectivity index (χ3v) is 4.43. The lowest BCUT2D eigenvalue weighted by Crippen LogP contribution is -2.46. The highest BCUT2D eigenvalue weighted by Gasteiger charge is 2.28. The van der Waals surface area contributed by atoms with Crippen LogP contribution in [0.4, 0.5) is 0 Å². The summed E-state index contributed by atoms with van der Waals surface area (Å²) in [6.07, 6.45) is 0. The quantitative estimate of drug-likeness (QED) is 0.895. The van der Waals surface area contributed by atoms with Crippen LogP contribution < -0.4 is 0 Å². The summed E-state index contributed by atoms with van der Waals surface area (Å²) in [5.41, 5.74) is 0.963. The lowest BCUT2D eigenvalue weighted by Gasteiger charge is -2.39. The maximum absolute atomic E-state index is 10.1. The summed E-state index contributed by atoms with van der Waals surface area (Å²) in [6.45, 7) is 12.9. The first-order valence-corrected chi connectivity index (χ1v) is 7.28. The fourth-order valence-corrected chi connectivity index (χ4v) is 2.11. The SMILES string of the molecule is CN(CCN(C)C(C)(C)c1ccccc1O)C(C)(C)C. The zero-order valence-electron chi connectivity index (χ0n) is 14.1. The van der Waals surface area contributed by atoms with Gasteiger partial charge in [-0.1, -0.05) is 18.2 Å². The maximum Gasteiger partial charge on any atom is 0.120 e. The van der Waals surface area contributed by atoms with Gasteiger partial charge in [0.25, 0.3) is 0 Å². The predicted octanol–water partition coefficient (Wildman–Crippen LogP) is 3.29. The van der Waals surface area contributed by atoms with Crippen molar-refractivity contribution < 1.29 is 5.11 Å². The number of benzene rings is 1. The Kier molecular flexibility index (Phi) is 5.22. The van der Waals surface area contributed by atoms with Gasteiger partial charge in [0.15, 0.2) is 0 Å². The molecule has 20 heavy (non-hydrogen) atoms. The normalized spacial score (nSPS) is 13.2. The minimum Gasteiger partial charge on any atom is -0.508 e. The molecule has 0 spiro atoms. The number of nitrogens with zero attached hydrogens (tertiary/aromatic N) is 2. The molecule has 1 N–H and O–H groups in total. The number of rotatable bonds is 5. The van der Waals surface area contributed by atoms with Crippen molar-refractivity contribution in [2.45, 2.75) is 45.7 Å². The number of aromatic hydroxyl groups is 1. The molecule has 1 aromatic rings. The van der Waals surface area contributed by atoms with Crippen LogP contribution in [0.2, 0.25) is 0 Å². The van der Waals surface area contributed by atoms with Crippen molar-refractivity contribution in [2.75, 3.05) is 27.2 Å². The van der Waals surface area contributed by atoms with Gasteiger partial charge in [0.1, 0.15) is 5.75 Å². The van der Waals surface area contributed by atoms with E-state index in [1.165, 1.54) is 0 Å². The Labute approximate surface area is 124 Å². The van der Waals surface area contributed by atoms with Crippen LogP contribution in [0.1, 0.15) is 40.2 Å². The number of phenols is 1. The Bertz CT molecular complexity index is 435. The molecule has 0 amide bonds. The van der Waals surface area contributed by atoms with Crippen LogP contribution >= 0.6 is 0 Å². The van der Waals surface area contributed by atoms with E-state index in [1.807, 2.05) is 18.2 Å². The average Bonchev–Trinajstić information content (AvgIpc) is 2.34. The molecule has 3 heteroatoms. The van der Waals surface area contributed by atoms with E-state index in [0.29, 0.717) is 5.75 Å². The second-order valence-electron chi connectivity index (χ2n) is 7.09. The van der Waals surface area contributed by atoms with Gasteiger partial charge in [0.2, 0.25) is 0 Å². The Morgan fingerprint density at radius 1 is 0.900 bits per heavy atom. The van der Waals surface area contributed by atoms with E-state index in [2.05, 4.69) is 58.5 Å². The monoisotopic (exact) mass is 278 g/mol. The summed E-state index contributed by atoms with van der Waals surface area (Å²) in [5.74, 6) is 0.369. The number of likely N-dealkylation sites (N-methyl/N-ethyl adjacent to an activating group) is 2. The Balaban J connectivity index is 2.76. The maximum atomic E-state index is 10.1. The van der Waals surface area contributed by atoms with E-state index in [4.69, 9.17) is 0 Å². The van der Waals surface area contributed by atoms with Crippen LogP contribution in [0.25, 0.3) is 0 Å². The van der Waals surface area contributed by atoms with Crippen molar-refractivity contribution in [3.63, 3.8) is 0 Å². The van der Waals surface area contributed by atoms with E-state index in [1.54, 1.807) is 6.07 Å². The molecule has 0 atom stereocenters. The highest BCUT2D eigenvalue weighted by molar-refractivity contribution is 5.37. The topological polar surface area (TPSA) is 26.7 Å². The van der Waals surface area contributed by atoms with E-state index >= 15 is 0 Å². The van der Waals surface area contributed by atoms with E-state index in [9.17, 15) is 5.11 Å². The Morgan fingerprint density at radius 3 is 1.90 bits per heavy atom. The molecule has 0 heterocycles. The van der Waals surface area contributed by atoms with E-state index < -0.39 is 0 Å². The van der Waals surface area contributed by atoms with E-state index in [0.717, 1.165) is 18.7 Å². The predicted molar refractivity (Wildman–Crippen MR) is 86.1 cm³/mol. The van der Waals surface area contributed by atoms with Crippen molar-refractivity contribution in [2.24, 2.45) is 0 Å². The lowest BCUT2D eigenvalue weighted by atomic mass is 9.91. The molecule has 1 aromatic carbocycles. The number of hydrogen-bond acceptors (Lipinski definition) is 3. The summed E-state index contributed by atoms with van der Waals surface area (Å²) < 4.78 is 0. The van der Waals surface area contributed by atoms with Gasteiger partial charge in [-0.25, -0.2) is 0 Å². The molecule has 0 saturated heterocycles. The molecule has 0 aliphatic rings. The zero-order valence-corrected chi connectivity index (χ0v) is 14.1. The molecule has 0 fully saturated rings. The third-order valence-electron chi connectivity index (χ3n) is 4.43. The number of phenolic OH excluding ortho intramolecular Hbond substituents is 1. The van der Waals surface area contributed by atoms with Gasteiger partial charge < -0.3 is 10.0 Å². The molecule has 0 aromatic heterocycles. The van der Waals surface area contributed by atoms with Gasteiger partial charge in [-0.05, 0) is 54.8 Å². The van der Waals surface area contributed by atoms with Crippen LogP contribution in [0.15, 0.2) is 24.3 Å². The van der Waals surface area contributed by atoms with Crippen molar-refractivity contribution in [3.8, 4) is 5.75 Å². The van der Waals surface area contributed by atoms with Crippen LogP contribution in [0.3, 0.4) is 0 Å². The second-order valence-corrected chi connectivity index (χ2v) is 7.09. The Hall–Kier alpha value is -1.06. The van der Waals surface area contributed by atoms with Gasteiger partial charge in [0.05, 0.1) is 0 Å². The second kappa shape index (κ2) is 6.15. The molecule has 0 aliphatic heterocycles. The van der Waals surface area contributed by atoms with Crippen molar-refractivity contribution >= 4 is 0 Å². The number of hydrogen-bond donors (Lipinski definition) is 1. The minimum absolute atomic E-state index is 0.180. The van der Waals surface area contributed by atoms with Crippen molar-refractivity contribution in [3.05, 3.63) is 29.8 Å². The van der Waals surface area contributed by atoms with Gasteiger partial charge in [-0.2, -0.15) is 0 Å². The highest BCUT2D eigenvalue weighted by Crippen LogP contribution is 2.32. The van der Waals surface area contributed by atoms with Crippen molar-refractivity contribution in [1.82, 2.24) is 9.80 Å². The average molecular weight is 278 g/mol. The minimum atomic E-state index is -0.190. The Morgan fingerprint density at radius 2 is 1.40 bits per heavy atom. The third kappa shape index (κ3) is 3.97. The molecule has 0 saturated carbocycles. The standard InChI is InChI=1S/C17H30N2O/c1-16(2,3)18(6)12-13-19(7)17(4,5)14-10-8-9-11-15(14)20/h8-11,20H,12-13H2,1-7H3. The summed E-state index contributed by atoms with van der Waals surface area (Å²) in [7, 11) is 4.27. The summed E-state index contributed by atoms with van der Waals surface area (Å²) in [4.78, 5) is 4.65. The highest BCUT2D eigenvalue weighted by atomic mass is 16.3. The summed E-state index contributed by atoms with van der Waals surface area (Å²) in [5, 5.41) is 10.1. The van der Waals surface area contributed by atoms with Crippen molar-refractivity contribution in [1.29, 1.82) is 0 Å². The first kappa shape index (κ1) is 17.0. The molecule has 0 aliphatic carbocycles. The fourth-order valence-electron chi connectivity index (χ4n) is 2.11. The molecule has 0 unspecified atom stereocenters. The largest absolute Gasteiger partial charge is 0.508 e. The molecular formula is C17H30N2O. The fraction of sp³-hybridized carbons (Fsp3) is 0.647. The molecule has 1 rings (SSSR count). The number of para-hydroxylation sites is 1. The first-order valence-electron chi connectivity index (χ1n) is 7.28. The molecule has 3 nitrogen and oxygen atoms in total. The first-order chi connectivity index (χ1) is 9.06. The van der Waals surface area contributed by atoms with Crippen LogP contribution in [-0.2, 0) is 5.54 Å². The lowest BCUT2D eigenvalue weighted by molar-refractivity contribution is 0.105. The van der Waals surface area contributed by atoms with Crippen LogP contribution in [0, 0.1) is 0 Å². The van der Waals surface area contributed by atoms with Gasteiger partial charge in [-0.15, -0.1) is 0 Å². The smallest absolute Gasteiger partial charge is 0.120 e. The van der Waals surface area contributed by atoms with Gasteiger partial charge >= 0.3 is 0 Å². The molecule has 0 bridgehead atoms. The molecule has 0 radical (unpaired) electrons. The summed E-state index contributed by atoms with van der Waals surface area (Å²) in [6, 6.07) is 7.60. The molecular weight excluding hydrogens is 248 g/mol. The van der Waals surface area contributed by atoms with Gasteiger partial charge in [0, 0.05) is 29.7 Å². The molecule has 114 valence electrons. The van der Waals surface area contributed by atoms with E-state index in [-0.39, 0.29) is 11.1 Å². The van der Waals surface area contributed by atoms with Crippen LogP contribution in [0.5, 0.6) is 5.75 Å².